The molecule has 0 spiro atoms. The van der Waals surface area contributed by atoms with Crippen LogP contribution in [0, 0.1) is 0 Å². The normalized spacial score (nSPS) is 13.2. The second-order valence-electron chi connectivity index (χ2n) is 24.5. The third-order valence-corrected chi connectivity index (χ3v) is 15.1. The van der Waals surface area contributed by atoms with Gasteiger partial charge in [-0.15, -0.1) is 0 Å². The zero-order valence-corrected chi connectivity index (χ0v) is 54.8. The number of allylic oxidation sites excluding steroid dienone is 14. The van der Waals surface area contributed by atoms with Gasteiger partial charge in [0.2, 0.25) is 0 Å². The largest absolute Gasteiger partial charge is 0.477 e. The summed E-state index contributed by atoms with van der Waals surface area (Å²) in [6, 6.07) is 0. The Labute approximate surface area is 512 Å². The number of carbonyl (C=O) groups excluding carboxylic acids is 2. The van der Waals surface area contributed by atoms with Crippen LogP contribution in [0.15, 0.2) is 85.1 Å². The molecule has 0 radical (unpaired) electrons. The highest BCUT2D eigenvalue weighted by Crippen LogP contribution is 2.18. The molecule has 0 saturated carbocycles. The van der Waals surface area contributed by atoms with Crippen molar-refractivity contribution < 1.29 is 42.9 Å². The quantitative estimate of drug-likeness (QED) is 0.0211. The summed E-state index contributed by atoms with van der Waals surface area (Å²) in [6.07, 6.45) is 84.0. The number of esters is 2. The van der Waals surface area contributed by atoms with Crippen LogP contribution in [-0.2, 0) is 33.3 Å². The van der Waals surface area contributed by atoms with Gasteiger partial charge in [-0.2, -0.15) is 0 Å². The summed E-state index contributed by atoms with van der Waals surface area (Å²) in [5.41, 5.74) is 0. The monoisotopic (exact) mass is 1160 g/mol. The first-order valence-corrected chi connectivity index (χ1v) is 34.8. The molecule has 83 heavy (non-hydrogen) atoms. The number of likely N-dealkylation sites (N-methyl/N-ethyl adjacent to an activating group) is 1. The average Bonchev–Trinajstić information content (AvgIpc) is 3.46. The topological polar surface area (TPSA) is 108 Å². The molecule has 0 aromatic heterocycles. The molecule has 0 aromatic rings. The fourth-order valence-corrected chi connectivity index (χ4v) is 9.84. The van der Waals surface area contributed by atoms with Gasteiger partial charge in [-0.05, 0) is 89.9 Å². The van der Waals surface area contributed by atoms with Crippen molar-refractivity contribution in [1.82, 2.24) is 0 Å². The number of aliphatic carboxylic acids is 1. The molecule has 1 N–H and O–H groups in total. The lowest BCUT2D eigenvalue weighted by molar-refractivity contribution is -0.870. The lowest BCUT2D eigenvalue weighted by Gasteiger charge is -2.25. The summed E-state index contributed by atoms with van der Waals surface area (Å²) in [6.45, 7) is 4.79. The molecule has 0 heterocycles. The van der Waals surface area contributed by atoms with Gasteiger partial charge in [0.1, 0.15) is 13.2 Å². The van der Waals surface area contributed by atoms with E-state index in [1.54, 1.807) is 0 Å². The van der Waals surface area contributed by atoms with Crippen molar-refractivity contribution in [1.29, 1.82) is 0 Å². The first-order chi connectivity index (χ1) is 40.6. The van der Waals surface area contributed by atoms with Crippen LogP contribution in [0.1, 0.15) is 309 Å². The molecule has 9 heteroatoms. The van der Waals surface area contributed by atoms with Gasteiger partial charge in [-0.1, -0.05) is 292 Å². The fraction of sp³-hybridized carbons (Fsp3) is 0.770. The van der Waals surface area contributed by atoms with Gasteiger partial charge in [0.15, 0.2) is 6.10 Å². The lowest BCUT2D eigenvalue weighted by atomic mass is 10.0. The number of unbranched alkanes of at least 4 members (excludes halogenated alkanes) is 35. The van der Waals surface area contributed by atoms with Crippen LogP contribution < -0.4 is 0 Å². The molecule has 0 rings (SSSR count). The lowest BCUT2D eigenvalue weighted by Crippen LogP contribution is -2.40. The van der Waals surface area contributed by atoms with Crippen molar-refractivity contribution in [2.75, 3.05) is 47.5 Å². The van der Waals surface area contributed by atoms with Gasteiger partial charge in [-0.25, -0.2) is 4.79 Å². The van der Waals surface area contributed by atoms with E-state index in [2.05, 4.69) is 98.9 Å². The standard InChI is InChI=1S/C74H131NO8/c1-6-8-10-12-14-16-18-20-22-24-26-28-30-32-33-34-35-36-37-38-39-41-43-45-47-49-51-53-55-57-59-61-63-65-72(77)83-70(69-82-74(73(78)79)80-67-66-75(3,4)5)68-81-71(76)64-62-60-58-56-54-52-50-48-46-44-42-40-31-29-27-25-23-21-19-17-15-13-11-9-7-2/h8,10,14,16,19-22,25-28,32-33,70,74H,6-7,9,11-13,15,17-18,23-24,29-31,34-69H2,1-5H3/p+1/b10-8-,16-14-,21-19-,22-20-,27-25-,28-26-,33-32-. The molecule has 0 amide bonds. The third kappa shape index (κ3) is 65.9. The van der Waals surface area contributed by atoms with E-state index in [0.29, 0.717) is 17.4 Å². The van der Waals surface area contributed by atoms with E-state index < -0.39 is 24.3 Å². The van der Waals surface area contributed by atoms with Crippen molar-refractivity contribution in [3.8, 4) is 0 Å². The van der Waals surface area contributed by atoms with Gasteiger partial charge in [0.25, 0.3) is 6.29 Å². The number of rotatable bonds is 64. The van der Waals surface area contributed by atoms with Crippen molar-refractivity contribution in [2.45, 2.75) is 322 Å². The number of carboxylic acids is 1. The smallest absolute Gasteiger partial charge is 0.361 e. The van der Waals surface area contributed by atoms with Gasteiger partial charge in [-0.3, -0.25) is 9.59 Å². The predicted molar refractivity (Wildman–Crippen MR) is 355 cm³/mol. The molecule has 0 saturated heterocycles. The van der Waals surface area contributed by atoms with Crippen LogP contribution in [0.25, 0.3) is 0 Å². The number of ether oxygens (including phenoxy) is 4. The van der Waals surface area contributed by atoms with Gasteiger partial charge in [0.05, 0.1) is 34.4 Å². The van der Waals surface area contributed by atoms with Gasteiger partial charge >= 0.3 is 17.9 Å². The Hall–Kier alpha value is -3.53. The molecule has 0 fully saturated rings. The molecule has 0 aromatic carbocycles. The van der Waals surface area contributed by atoms with E-state index in [0.717, 1.165) is 77.0 Å². The summed E-state index contributed by atoms with van der Waals surface area (Å²) in [4.78, 5) is 37.6. The molecule has 9 nitrogen and oxygen atoms in total. The number of carboxylic acid groups (broad SMARTS) is 1. The minimum atomic E-state index is -1.51. The number of quaternary nitrogens is 1. The van der Waals surface area contributed by atoms with E-state index in [4.69, 9.17) is 18.9 Å². The SMILES string of the molecule is CC/C=C\C/C=C\C/C=C\C/C=C\C/C=C\CCCCCCCCCCCCCCCCCCCC(=O)OC(COC(=O)CCCCCCCCCCCCCCC/C=C\C/C=C\CCCCCCC)COC(OCC[N+](C)(C)C)C(=O)O. The minimum Gasteiger partial charge on any atom is -0.477 e. The van der Waals surface area contributed by atoms with Crippen LogP contribution >= 0.6 is 0 Å². The number of hydrogen-bond acceptors (Lipinski definition) is 7. The van der Waals surface area contributed by atoms with E-state index >= 15 is 0 Å². The maximum Gasteiger partial charge on any atom is 0.361 e. The van der Waals surface area contributed by atoms with Crippen molar-refractivity contribution in [3.05, 3.63) is 85.1 Å². The van der Waals surface area contributed by atoms with Crippen molar-refractivity contribution in [2.24, 2.45) is 0 Å². The van der Waals surface area contributed by atoms with E-state index in [9.17, 15) is 19.5 Å². The highest BCUT2D eigenvalue weighted by atomic mass is 16.7. The molecule has 2 atom stereocenters. The van der Waals surface area contributed by atoms with Crippen LogP contribution in [0.5, 0.6) is 0 Å². The molecule has 480 valence electrons. The van der Waals surface area contributed by atoms with Crippen LogP contribution in [0.4, 0.5) is 0 Å². The van der Waals surface area contributed by atoms with Gasteiger partial charge in [0, 0.05) is 12.8 Å². The Morgan fingerprint density at radius 3 is 1.02 bits per heavy atom. The molecular formula is C74H132NO8+. The first kappa shape index (κ1) is 79.5. The molecule has 0 aliphatic carbocycles. The minimum absolute atomic E-state index is 0.182. The number of carbonyl (C=O) groups is 3. The maximum atomic E-state index is 12.9. The van der Waals surface area contributed by atoms with Crippen molar-refractivity contribution >= 4 is 17.9 Å². The number of nitrogens with zero attached hydrogens (tertiary/aromatic N) is 1. The molecule has 2 unspecified atom stereocenters. The predicted octanol–water partition coefficient (Wildman–Crippen LogP) is 21.5. The van der Waals surface area contributed by atoms with Crippen LogP contribution in [0.2, 0.25) is 0 Å². The Morgan fingerprint density at radius 1 is 0.373 bits per heavy atom. The summed E-state index contributed by atoms with van der Waals surface area (Å²) in [5.74, 6) is -1.99. The van der Waals surface area contributed by atoms with E-state index in [1.807, 2.05) is 21.1 Å². The second kappa shape index (κ2) is 64.5. The highest BCUT2D eigenvalue weighted by Gasteiger charge is 2.25. The van der Waals surface area contributed by atoms with Crippen LogP contribution in [0.3, 0.4) is 0 Å². The summed E-state index contributed by atoms with van der Waals surface area (Å²) in [5, 5.41) is 9.75. The first-order valence-electron chi connectivity index (χ1n) is 34.8. The summed E-state index contributed by atoms with van der Waals surface area (Å²) < 4.78 is 23.0. The Kier molecular flexibility index (Phi) is 61.7. The van der Waals surface area contributed by atoms with Crippen LogP contribution in [-0.4, -0.2) is 87.4 Å². The molecule has 0 aliphatic rings. The zero-order valence-electron chi connectivity index (χ0n) is 54.8. The summed E-state index contributed by atoms with van der Waals surface area (Å²) in [7, 11) is 5.98. The molecule has 0 bridgehead atoms. The molecule has 0 aliphatic heterocycles. The Bertz CT molecular complexity index is 1640. The zero-order chi connectivity index (χ0) is 60.5. The fourth-order valence-electron chi connectivity index (χ4n) is 9.84. The van der Waals surface area contributed by atoms with Crippen molar-refractivity contribution in [3.63, 3.8) is 0 Å². The molecular weight excluding hydrogens is 1030 g/mol. The highest BCUT2D eigenvalue weighted by molar-refractivity contribution is 5.71. The summed E-state index contributed by atoms with van der Waals surface area (Å²) >= 11 is 0. The Balaban J connectivity index is 4.10. The maximum absolute atomic E-state index is 12.9. The Morgan fingerprint density at radius 2 is 0.687 bits per heavy atom. The van der Waals surface area contributed by atoms with Gasteiger partial charge < -0.3 is 28.5 Å². The van der Waals surface area contributed by atoms with E-state index in [-0.39, 0.29) is 32.2 Å². The third-order valence-electron chi connectivity index (χ3n) is 15.1. The average molecular weight is 1160 g/mol. The number of hydrogen-bond donors (Lipinski definition) is 1. The van der Waals surface area contributed by atoms with E-state index in [1.165, 1.54) is 205 Å². The second-order valence-corrected chi connectivity index (χ2v) is 24.5.